The van der Waals surface area contributed by atoms with E-state index in [1.807, 2.05) is 11.3 Å². The van der Waals surface area contributed by atoms with Crippen LogP contribution in [0.4, 0.5) is 0 Å². The first-order valence-corrected chi connectivity index (χ1v) is 6.11. The van der Waals surface area contributed by atoms with E-state index in [1.54, 1.807) is 0 Å². The van der Waals surface area contributed by atoms with Crippen molar-refractivity contribution in [1.29, 1.82) is 0 Å². The van der Waals surface area contributed by atoms with Crippen molar-refractivity contribution in [3.05, 3.63) is 22.4 Å². The summed E-state index contributed by atoms with van der Waals surface area (Å²) in [6.45, 7) is 2.59. The number of thiophene rings is 1. The Bertz CT molecular complexity index is 254. The van der Waals surface area contributed by atoms with Crippen molar-refractivity contribution in [2.45, 2.75) is 18.8 Å². The molecule has 2 nitrogen and oxygen atoms in total. The lowest BCUT2D eigenvalue weighted by molar-refractivity contribution is 0.0589. The molecule has 1 unspecified atom stereocenters. The number of hydrogen-bond donors (Lipinski definition) is 1. The lowest BCUT2D eigenvalue weighted by Gasteiger charge is -2.28. The third kappa shape index (κ3) is 2.16. The van der Waals surface area contributed by atoms with Gasteiger partial charge in [-0.2, -0.15) is 0 Å². The molecule has 2 N–H and O–H groups in total. The highest BCUT2D eigenvalue weighted by molar-refractivity contribution is 7.10. The van der Waals surface area contributed by atoms with Crippen LogP contribution < -0.4 is 5.73 Å². The molecule has 1 atom stereocenters. The molecule has 2 rings (SSSR count). The molecule has 1 saturated heterocycles. The van der Waals surface area contributed by atoms with Gasteiger partial charge in [0.05, 0.1) is 0 Å². The fourth-order valence-electron chi connectivity index (χ4n) is 2.16. The molecule has 0 bridgehead atoms. The smallest absolute Gasteiger partial charge is 0.0468 e. The summed E-state index contributed by atoms with van der Waals surface area (Å²) < 4.78 is 5.37. The molecule has 0 aliphatic carbocycles. The molecule has 0 radical (unpaired) electrons. The summed E-state index contributed by atoms with van der Waals surface area (Å²) in [6.07, 6.45) is 2.33. The van der Waals surface area contributed by atoms with Crippen LogP contribution in [0.1, 0.15) is 23.6 Å². The quantitative estimate of drug-likeness (QED) is 0.832. The zero-order valence-corrected chi connectivity index (χ0v) is 9.13. The first-order chi connectivity index (χ1) is 6.92. The Morgan fingerprint density at radius 1 is 1.50 bits per heavy atom. The minimum atomic E-state index is 0.555. The van der Waals surface area contributed by atoms with Crippen LogP contribution in [0.25, 0.3) is 0 Å². The highest BCUT2D eigenvalue weighted by Crippen LogP contribution is 2.33. The molecule has 0 amide bonds. The van der Waals surface area contributed by atoms with Crippen molar-refractivity contribution in [1.82, 2.24) is 0 Å². The number of nitrogens with two attached hydrogens (primary N) is 1. The summed E-state index contributed by atoms with van der Waals surface area (Å²) in [5.41, 5.74) is 5.86. The van der Waals surface area contributed by atoms with Crippen molar-refractivity contribution in [3.63, 3.8) is 0 Å². The molecular weight excluding hydrogens is 194 g/mol. The highest BCUT2D eigenvalue weighted by Gasteiger charge is 2.24. The van der Waals surface area contributed by atoms with Gasteiger partial charge in [-0.25, -0.2) is 0 Å². The third-order valence-corrected chi connectivity index (χ3v) is 4.00. The van der Waals surface area contributed by atoms with Crippen LogP contribution >= 0.6 is 11.3 Å². The number of rotatable bonds is 3. The Balaban J connectivity index is 2.04. The molecule has 1 aromatic heterocycles. The Hall–Kier alpha value is -0.380. The van der Waals surface area contributed by atoms with Gasteiger partial charge in [0.25, 0.3) is 0 Å². The van der Waals surface area contributed by atoms with Crippen molar-refractivity contribution in [2.75, 3.05) is 19.8 Å². The monoisotopic (exact) mass is 211 g/mol. The first kappa shape index (κ1) is 10.1. The van der Waals surface area contributed by atoms with Crippen LogP contribution in [0.15, 0.2) is 17.5 Å². The fourth-order valence-corrected chi connectivity index (χ4v) is 3.10. The third-order valence-electron chi connectivity index (χ3n) is 3.00. The van der Waals surface area contributed by atoms with Gasteiger partial charge in [-0.1, -0.05) is 6.07 Å². The van der Waals surface area contributed by atoms with E-state index in [0.717, 1.165) is 25.7 Å². The van der Waals surface area contributed by atoms with Gasteiger partial charge in [0, 0.05) is 30.6 Å². The van der Waals surface area contributed by atoms with Crippen molar-refractivity contribution < 1.29 is 4.74 Å². The minimum absolute atomic E-state index is 0.555. The van der Waals surface area contributed by atoms with E-state index in [4.69, 9.17) is 10.5 Å². The van der Waals surface area contributed by atoms with Crippen LogP contribution in [-0.4, -0.2) is 19.8 Å². The summed E-state index contributed by atoms with van der Waals surface area (Å²) in [4.78, 5) is 1.44. The molecule has 0 saturated carbocycles. The van der Waals surface area contributed by atoms with Crippen LogP contribution in [0.5, 0.6) is 0 Å². The lowest BCUT2D eigenvalue weighted by atomic mass is 9.85. The Morgan fingerprint density at radius 3 is 2.86 bits per heavy atom. The molecule has 1 aromatic rings. The van der Waals surface area contributed by atoms with E-state index in [9.17, 15) is 0 Å². The number of hydrogen-bond acceptors (Lipinski definition) is 3. The van der Waals surface area contributed by atoms with E-state index in [1.165, 1.54) is 17.7 Å². The van der Waals surface area contributed by atoms with Crippen LogP contribution in [0.2, 0.25) is 0 Å². The minimum Gasteiger partial charge on any atom is -0.381 e. The lowest BCUT2D eigenvalue weighted by Crippen LogP contribution is -2.26. The molecule has 2 heterocycles. The SMILES string of the molecule is NCC(c1cccs1)C1CCOCC1. The second-order valence-electron chi connectivity index (χ2n) is 3.81. The van der Waals surface area contributed by atoms with Gasteiger partial charge in [0.15, 0.2) is 0 Å². The molecule has 0 spiro atoms. The molecule has 1 fully saturated rings. The average molecular weight is 211 g/mol. The normalized spacial score (nSPS) is 20.9. The maximum atomic E-state index is 5.86. The first-order valence-electron chi connectivity index (χ1n) is 5.23. The van der Waals surface area contributed by atoms with Gasteiger partial charge in [0.2, 0.25) is 0 Å². The fraction of sp³-hybridized carbons (Fsp3) is 0.636. The van der Waals surface area contributed by atoms with Gasteiger partial charge in [0.1, 0.15) is 0 Å². The van der Waals surface area contributed by atoms with E-state index in [0.29, 0.717) is 5.92 Å². The maximum absolute atomic E-state index is 5.86. The summed E-state index contributed by atoms with van der Waals surface area (Å²) in [7, 11) is 0. The molecule has 1 aliphatic heterocycles. The van der Waals surface area contributed by atoms with Gasteiger partial charge in [-0.05, 0) is 30.2 Å². The summed E-state index contributed by atoms with van der Waals surface area (Å²) in [5, 5.41) is 2.14. The second-order valence-corrected chi connectivity index (χ2v) is 4.79. The molecule has 3 heteroatoms. The largest absolute Gasteiger partial charge is 0.381 e. The molecule has 0 aromatic carbocycles. The van der Waals surface area contributed by atoms with Gasteiger partial charge in [-0.15, -0.1) is 11.3 Å². The predicted molar refractivity (Wildman–Crippen MR) is 59.7 cm³/mol. The van der Waals surface area contributed by atoms with E-state index in [2.05, 4.69) is 17.5 Å². The molecular formula is C11H17NOS. The molecule has 78 valence electrons. The standard InChI is InChI=1S/C11H17NOS/c12-8-10(11-2-1-7-14-11)9-3-5-13-6-4-9/h1-2,7,9-10H,3-6,8,12H2. The maximum Gasteiger partial charge on any atom is 0.0468 e. The zero-order valence-electron chi connectivity index (χ0n) is 8.32. The highest BCUT2D eigenvalue weighted by atomic mass is 32.1. The Morgan fingerprint density at radius 2 is 2.29 bits per heavy atom. The molecule has 1 aliphatic rings. The zero-order chi connectivity index (χ0) is 9.80. The van der Waals surface area contributed by atoms with Crippen LogP contribution in [-0.2, 0) is 4.74 Å². The van der Waals surface area contributed by atoms with Crippen LogP contribution in [0, 0.1) is 5.92 Å². The average Bonchev–Trinajstić information content (AvgIpc) is 2.74. The predicted octanol–water partition coefficient (Wildman–Crippen LogP) is 2.22. The Kier molecular flexibility index (Phi) is 3.56. The van der Waals surface area contributed by atoms with Crippen LogP contribution in [0.3, 0.4) is 0 Å². The summed E-state index contributed by atoms with van der Waals surface area (Å²) in [6, 6.07) is 4.32. The van der Waals surface area contributed by atoms with Gasteiger partial charge < -0.3 is 10.5 Å². The molecule has 14 heavy (non-hydrogen) atoms. The van der Waals surface area contributed by atoms with Crippen molar-refractivity contribution >= 4 is 11.3 Å². The topological polar surface area (TPSA) is 35.2 Å². The Labute approximate surface area is 89.1 Å². The summed E-state index contributed by atoms with van der Waals surface area (Å²) in [5.74, 6) is 1.28. The van der Waals surface area contributed by atoms with E-state index < -0.39 is 0 Å². The second kappa shape index (κ2) is 4.91. The number of ether oxygens (including phenoxy) is 1. The summed E-state index contributed by atoms with van der Waals surface area (Å²) >= 11 is 1.83. The van der Waals surface area contributed by atoms with Gasteiger partial charge in [-0.3, -0.25) is 0 Å². The van der Waals surface area contributed by atoms with Crippen molar-refractivity contribution in [2.24, 2.45) is 11.7 Å². The van der Waals surface area contributed by atoms with Crippen molar-refractivity contribution in [3.8, 4) is 0 Å². The van der Waals surface area contributed by atoms with E-state index in [-0.39, 0.29) is 0 Å². The van der Waals surface area contributed by atoms with Gasteiger partial charge >= 0.3 is 0 Å². The van der Waals surface area contributed by atoms with E-state index >= 15 is 0 Å².